The molecule has 17 heavy (non-hydrogen) atoms. The van der Waals surface area contributed by atoms with Gasteiger partial charge in [-0.1, -0.05) is 87.3 Å². The SMILES string of the molecule is CC(C)C(=C(C(C)(C)C)C(C)(C)C)C(C)(C)C. The molecule has 0 bridgehead atoms. The van der Waals surface area contributed by atoms with Crippen LogP contribution in [-0.2, 0) is 0 Å². The van der Waals surface area contributed by atoms with E-state index < -0.39 is 0 Å². The summed E-state index contributed by atoms with van der Waals surface area (Å²) in [5.41, 5.74) is 4.00. The van der Waals surface area contributed by atoms with E-state index in [9.17, 15) is 0 Å². The molecule has 0 N–H and O–H groups in total. The maximum atomic E-state index is 2.35. The quantitative estimate of drug-likeness (QED) is 0.486. The Labute approximate surface area is 110 Å². The molecule has 0 rings (SSSR count). The largest absolute Gasteiger partial charge is 0.0620 e. The van der Waals surface area contributed by atoms with Crippen molar-refractivity contribution in [1.29, 1.82) is 0 Å². The Morgan fingerprint density at radius 2 is 0.882 bits per heavy atom. The van der Waals surface area contributed by atoms with E-state index in [0.717, 1.165) is 0 Å². The van der Waals surface area contributed by atoms with Crippen molar-refractivity contribution < 1.29 is 0 Å². The summed E-state index contributed by atoms with van der Waals surface area (Å²) in [6, 6.07) is 0. The first kappa shape index (κ1) is 16.7. The zero-order valence-corrected chi connectivity index (χ0v) is 14.1. The Kier molecular flexibility index (Phi) is 4.71. The van der Waals surface area contributed by atoms with Gasteiger partial charge in [0.25, 0.3) is 0 Å². The molecule has 0 fully saturated rings. The second kappa shape index (κ2) is 4.78. The van der Waals surface area contributed by atoms with Gasteiger partial charge in [0.2, 0.25) is 0 Å². The monoisotopic (exact) mass is 238 g/mol. The predicted molar refractivity (Wildman–Crippen MR) is 80.2 cm³/mol. The van der Waals surface area contributed by atoms with E-state index in [2.05, 4.69) is 76.2 Å². The molecule has 0 heterocycles. The molecule has 0 aromatic heterocycles. The van der Waals surface area contributed by atoms with Crippen molar-refractivity contribution in [3.05, 3.63) is 11.1 Å². The van der Waals surface area contributed by atoms with Crippen molar-refractivity contribution in [1.82, 2.24) is 0 Å². The summed E-state index contributed by atoms with van der Waals surface area (Å²) < 4.78 is 0. The van der Waals surface area contributed by atoms with Gasteiger partial charge in [0.05, 0.1) is 0 Å². The molecule has 0 radical (unpaired) electrons. The zero-order chi connectivity index (χ0) is 14.2. The summed E-state index contributed by atoms with van der Waals surface area (Å²) in [5.74, 6) is 0.614. The second-order valence-electron chi connectivity index (χ2n) is 8.69. The lowest BCUT2D eigenvalue weighted by atomic mass is 9.63. The van der Waals surface area contributed by atoms with Crippen LogP contribution in [0.5, 0.6) is 0 Å². The van der Waals surface area contributed by atoms with Crippen LogP contribution >= 0.6 is 0 Å². The average molecular weight is 238 g/mol. The maximum absolute atomic E-state index is 2.35. The van der Waals surface area contributed by atoms with E-state index in [1.807, 2.05) is 0 Å². The molecular weight excluding hydrogens is 204 g/mol. The van der Waals surface area contributed by atoms with Crippen molar-refractivity contribution in [2.24, 2.45) is 22.2 Å². The van der Waals surface area contributed by atoms with E-state index >= 15 is 0 Å². The highest BCUT2D eigenvalue weighted by atomic mass is 14.4. The first-order chi connectivity index (χ1) is 7.19. The Bertz CT molecular complexity index is 265. The molecule has 0 unspecified atom stereocenters. The maximum Gasteiger partial charge on any atom is -0.0165 e. The van der Waals surface area contributed by atoms with Gasteiger partial charge in [0.15, 0.2) is 0 Å². The van der Waals surface area contributed by atoms with Crippen molar-refractivity contribution in [3.63, 3.8) is 0 Å². The predicted octanol–water partition coefficient (Wildman–Crippen LogP) is 6.08. The fourth-order valence-corrected chi connectivity index (χ4v) is 3.46. The van der Waals surface area contributed by atoms with Gasteiger partial charge < -0.3 is 0 Å². The fourth-order valence-electron chi connectivity index (χ4n) is 3.46. The minimum Gasteiger partial charge on any atom is -0.0620 e. The molecule has 0 aromatic rings. The molecule has 0 saturated carbocycles. The standard InChI is InChI=1S/C17H34/c1-12(2)13(15(3,4)5)14(16(6,7)8)17(9,10)11/h12H,1-11H3. The third kappa shape index (κ3) is 4.48. The van der Waals surface area contributed by atoms with Gasteiger partial charge >= 0.3 is 0 Å². The van der Waals surface area contributed by atoms with Gasteiger partial charge in [-0.15, -0.1) is 0 Å². The van der Waals surface area contributed by atoms with Crippen LogP contribution in [0.4, 0.5) is 0 Å². The minimum atomic E-state index is 0.241. The molecule has 102 valence electrons. The summed E-state index contributed by atoms with van der Waals surface area (Å²) in [7, 11) is 0. The molecule has 0 atom stereocenters. The van der Waals surface area contributed by atoms with Gasteiger partial charge in [-0.25, -0.2) is 0 Å². The minimum absolute atomic E-state index is 0.241. The Hall–Kier alpha value is -0.260. The number of rotatable bonds is 1. The lowest BCUT2D eigenvalue weighted by Gasteiger charge is -2.42. The number of hydrogen-bond donors (Lipinski definition) is 0. The third-order valence-electron chi connectivity index (χ3n) is 3.15. The summed E-state index contributed by atoms with van der Waals surface area (Å²) in [4.78, 5) is 0. The van der Waals surface area contributed by atoms with Crippen LogP contribution in [0.3, 0.4) is 0 Å². The van der Waals surface area contributed by atoms with Crippen LogP contribution in [0.15, 0.2) is 11.1 Å². The average Bonchev–Trinajstić information content (AvgIpc) is 1.91. The Morgan fingerprint density at radius 1 is 0.588 bits per heavy atom. The Morgan fingerprint density at radius 3 is 0.941 bits per heavy atom. The summed E-state index contributed by atoms with van der Waals surface area (Å²) >= 11 is 0. The summed E-state index contributed by atoms with van der Waals surface area (Å²) in [5, 5.41) is 0. The van der Waals surface area contributed by atoms with E-state index in [4.69, 9.17) is 0 Å². The van der Waals surface area contributed by atoms with Gasteiger partial charge in [0.1, 0.15) is 0 Å². The van der Waals surface area contributed by atoms with Crippen molar-refractivity contribution in [2.45, 2.75) is 76.2 Å². The first-order valence-corrected chi connectivity index (χ1v) is 6.94. The second-order valence-corrected chi connectivity index (χ2v) is 8.69. The van der Waals surface area contributed by atoms with E-state index in [0.29, 0.717) is 5.92 Å². The van der Waals surface area contributed by atoms with Crippen molar-refractivity contribution in [3.8, 4) is 0 Å². The van der Waals surface area contributed by atoms with Crippen LogP contribution in [-0.4, -0.2) is 0 Å². The molecule has 0 aromatic carbocycles. The smallest absolute Gasteiger partial charge is 0.0165 e. The van der Waals surface area contributed by atoms with Gasteiger partial charge in [-0.3, -0.25) is 0 Å². The molecular formula is C17H34. The van der Waals surface area contributed by atoms with Gasteiger partial charge in [-0.2, -0.15) is 0 Å². The van der Waals surface area contributed by atoms with Crippen LogP contribution < -0.4 is 0 Å². The van der Waals surface area contributed by atoms with E-state index in [-0.39, 0.29) is 16.2 Å². The lowest BCUT2D eigenvalue weighted by Crippen LogP contribution is -2.30. The van der Waals surface area contributed by atoms with E-state index in [1.54, 1.807) is 11.1 Å². The first-order valence-electron chi connectivity index (χ1n) is 6.94. The zero-order valence-electron chi connectivity index (χ0n) is 14.1. The van der Waals surface area contributed by atoms with Crippen molar-refractivity contribution in [2.75, 3.05) is 0 Å². The summed E-state index contributed by atoms with van der Waals surface area (Å²) in [6.07, 6.45) is 0. The molecule has 0 saturated heterocycles. The molecule has 0 aliphatic heterocycles. The Balaban J connectivity index is 6.16. The molecule has 0 spiro atoms. The number of allylic oxidation sites excluding steroid dienone is 2. The third-order valence-corrected chi connectivity index (χ3v) is 3.15. The van der Waals surface area contributed by atoms with Crippen LogP contribution in [0.1, 0.15) is 76.2 Å². The van der Waals surface area contributed by atoms with Crippen LogP contribution in [0.2, 0.25) is 0 Å². The molecule has 0 aliphatic carbocycles. The van der Waals surface area contributed by atoms with Gasteiger partial charge in [0, 0.05) is 0 Å². The van der Waals surface area contributed by atoms with E-state index in [1.165, 1.54) is 0 Å². The molecule has 0 aliphatic rings. The normalized spacial score (nSPS) is 14.1. The fraction of sp³-hybridized carbons (Fsp3) is 0.882. The van der Waals surface area contributed by atoms with Crippen LogP contribution in [0, 0.1) is 22.2 Å². The van der Waals surface area contributed by atoms with Gasteiger partial charge in [-0.05, 0) is 22.2 Å². The van der Waals surface area contributed by atoms with Crippen molar-refractivity contribution >= 4 is 0 Å². The summed E-state index contributed by atoms with van der Waals surface area (Å²) in [6.45, 7) is 25.8. The number of hydrogen-bond acceptors (Lipinski definition) is 0. The highest BCUT2D eigenvalue weighted by Crippen LogP contribution is 2.47. The topological polar surface area (TPSA) is 0 Å². The lowest BCUT2D eigenvalue weighted by molar-refractivity contribution is 0.320. The molecule has 0 amide bonds. The van der Waals surface area contributed by atoms with Crippen LogP contribution in [0.25, 0.3) is 0 Å². The highest BCUT2D eigenvalue weighted by molar-refractivity contribution is 5.30. The highest BCUT2D eigenvalue weighted by Gasteiger charge is 2.35. The molecule has 0 nitrogen and oxygen atoms in total. The molecule has 0 heteroatoms.